The van der Waals surface area contributed by atoms with Crippen molar-refractivity contribution >= 4 is 5.91 Å². The lowest BCUT2D eigenvalue weighted by atomic mass is 10.2. The molecule has 0 spiro atoms. The molecule has 0 aliphatic rings. The van der Waals surface area contributed by atoms with Crippen molar-refractivity contribution in [2.45, 2.75) is 27.2 Å². The Hall–Kier alpha value is -0.610. The average Bonchev–Trinajstić information content (AvgIpc) is 2.03. The van der Waals surface area contributed by atoms with Crippen molar-refractivity contribution in [1.82, 2.24) is 10.8 Å². The van der Waals surface area contributed by atoms with Gasteiger partial charge in [0.25, 0.3) is 0 Å². The first-order chi connectivity index (χ1) is 6.16. The van der Waals surface area contributed by atoms with Crippen LogP contribution in [0.1, 0.15) is 27.2 Å². The predicted octanol–water partition coefficient (Wildman–Crippen LogP) is 0.690. The van der Waals surface area contributed by atoms with Crippen LogP contribution in [0.4, 0.5) is 0 Å². The number of rotatable bonds is 7. The minimum absolute atomic E-state index is 0.0585. The van der Waals surface area contributed by atoms with E-state index in [1.54, 1.807) is 0 Å². The summed E-state index contributed by atoms with van der Waals surface area (Å²) in [5.41, 5.74) is 2.75. The Kier molecular flexibility index (Phi) is 7.63. The van der Waals surface area contributed by atoms with E-state index in [0.717, 1.165) is 0 Å². The minimum atomic E-state index is 0.0585. The van der Waals surface area contributed by atoms with Gasteiger partial charge < -0.3 is 10.2 Å². The van der Waals surface area contributed by atoms with E-state index in [1.165, 1.54) is 0 Å². The average molecular weight is 188 g/mol. The van der Waals surface area contributed by atoms with Crippen molar-refractivity contribution in [2.24, 2.45) is 5.92 Å². The standard InChI is InChI=1S/C9H20N2O2/c1-4-10-9(12)5-6-11-13-7-8(2)3/h8,11H,4-7H2,1-3H3,(H,10,12). The van der Waals surface area contributed by atoms with Gasteiger partial charge >= 0.3 is 0 Å². The van der Waals surface area contributed by atoms with Crippen molar-refractivity contribution in [3.63, 3.8) is 0 Å². The van der Waals surface area contributed by atoms with E-state index < -0.39 is 0 Å². The fourth-order valence-corrected chi connectivity index (χ4v) is 0.748. The van der Waals surface area contributed by atoms with E-state index in [4.69, 9.17) is 4.84 Å². The molecule has 0 saturated carbocycles. The van der Waals surface area contributed by atoms with Gasteiger partial charge in [0.15, 0.2) is 0 Å². The van der Waals surface area contributed by atoms with E-state index in [2.05, 4.69) is 24.6 Å². The van der Waals surface area contributed by atoms with Gasteiger partial charge in [-0.1, -0.05) is 13.8 Å². The summed E-state index contributed by atoms with van der Waals surface area (Å²) in [5.74, 6) is 0.570. The Morgan fingerprint density at radius 1 is 1.46 bits per heavy atom. The maximum Gasteiger partial charge on any atom is 0.221 e. The highest BCUT2D eigenvalue weighted by Gasteiger charge is 1.98. The van der Waals surface area contributed by atoms with Crippen molar-refractivity contribution in [3.05, 3.63) is 0 Å². The zero-order chi connectivity index (χ0) is 10.1. The summed E-state index contributed by atoms with van der Waals surface area (Å²) in [6, 6.07) is 0. The van der Waals surface area contributed by atoms with Crippen LogP contribution < -0.4 is 10.8 Å². The van der Waals surface area contributed by atoms with E-state index >= 15 is 0 Å². The van der Waals surface area contributed by atoms with Gasteiger partial charge in [0.05, 0.1) is 6.61 Å². The Balaban J connectivity index is 3.11. The predicted molar refractivity (Wildman–Crippen MR) is 52.1 cm³/mol. The van der Waals surface area contributed by atoms with Gasteiger partial charge in [-0.25, -0.2) is 5.48 Å². The van der Waals surface area contributed by atoms with Gasteiger partial charge in [0.1, 0.15) is 0 Å². The van der Waals surface area contributed by atoms with Crippen molar-refractivity contribution in [2.75, 3.05) is 19.7 Å². The number of carbonyl (C=O) groups is 1. The molecule has 4 heteroatoms. The first-order valence-electron chi connectivity index (χ1n) is 4.78. The molecule has 1 amide bonds. The molecule has 0 aromatic rings. The topological polar surface area (TPSA) is 50.4 Å². The maximum absolute atomic E-state index is 10.9. The van der Waals surface area contributed by atoms with E-state index in [9.17, 15) is 4.79 Å². The Morgan fingerprint density at radius 3 is 2.69 bits per heavy atom. The van der Waals surface area contributed by atoms with Gasteiger partial charge in [-0.2, -0.15) is 0 Å². The molecule has 78 valence electrons. The SMILES string of the molecule is CCNC(=O)CCNOCC(C)C. The lowest BCUT2D eigenvalue weighted by molar-refractivity contribution is -0.121. The number of nitrogens with one attached hydrogen (secondary N) is 2. The summed E-state index contributed by atoms with van der Waals surface area (Å²) >= 11 is 0. The Labute approximate surface area is 80.0 Å². The molecular weight excluding hydrogens is 168 g/mol. The first kappa shape index (κ1) is 12.4. The van der Waals surface area contributed by atoms with Gasteiger partial charge in [-0.15, -0.1) is 0 Å². The fraction of sp³-hybridized carbons (Fsp3) is 0.889. The van der Waals surface area contributed by atoms with Crippen LogP contribution in [0.25, 0.3) is 0 Å². The van der Waals surface area contributed by atoms with Crippen LogP contribution in [-0.4, -0.2) is 25.6 Å². The van der Waals surface area contributed by atoms with Crippen molar-refractivity contribution in [1.29, 1.82) is 0 Å². The third-order valence-electron chi connectivity index (χ3n) is 1.35. The summed E-state index contributed by atoms with van der Waals surface area (Å²) < 4.78 is 0. The molecule has 0 heterocycles. The van der Waals surface area contributed by atoms with Gasteiger partial charge in [0.2, 0.25) is 5.91 Å². The minimum Gasteiger partial charge on any atom is -0.356 e. The first-order valence-corrected chi connectivity index (χ1v) is 4.78. The molecule has 0 bridgehead atoms. The molecular formula is C9H20N2O2. The van der Waals surface area contributed by atoms with Crippen molar-refractivity contribution in [3.8, 4) is 0 Å². The highest BCUT2D eigenvalue weighted by Crippen LogP contribution is 1.89. The van der Waals surface area contributed by atoms with Gasteiger partial charge in [0, 0.05) is 19.5 Å². The molecule has 0 atom stereocenters. The van der Waals surface area contributed by atoms with Crippen LogP contribution in [0.15, 0.2) is 0 Å². The fourth-order valence-electron chi connectivity index (χ4n) is 0.748. The molecule has 2 N–H and O–H groups in total. The molecule has 0 unspecified atom stereocenters. The van der Waals surface area contributed by atoms with Crippen LogP contribution in [0.3, 0.4) is 0 Å². The molecule has 0 aliphatic heterocycles. The van der Waals surface area contributed by atoms with Gasteiger partial charge in [-0.3, -0.25) is 4.79 Å². The van der Waals surface area contributed by atoms with Crippen LogP contribution in [-0.2, 0) is 9.63 Å². The summed E-state index contributed by atoms with van der Waals surface area (Å²) in [7, 11) is 0. The molecule has 0 rings (SSSR count). The monoisotopic (exact) mass is 188 g/mol. The second-order valence-corrected chi connectivity index (χ2v) is 3.30. The Bertz CT molecular complexity index is 138. The second-order valence-electron chi connectivity index (χ2n) is 3.30. The van der Waals surface area contributed by atoms with Crippen LogP contribution in [0.2, 0.25) is 0 Å². The summed E-state index contributed by atoms with van der Waals surface area (Å²) in [6.45, 7) is 7.98. The van der Waals surface area contributed by atoms with Gasteiger partial charge in [-0.05, 0) is 12.8 Å². The van der Waals surface area contributed by atoms with Crippen LogP contribution >= 0.6 is 0 Å². The largest absolute Gasteiger partial charge is 0.356 e. The highest BCUT2D eigenvalue weighted by molar-refractivity contribution is 5.75. The third kappa shape index (κ3) is 9.30. The quantitative estimate of drug-likeness (QED) is 0.456. The molecule has 0 aromatic heterocycles. The summed E-state index contributed by atoms with van der Waals surface area (Å²) in [5, 5.41) is 2.71. The normalized spacial score (nSPS) is 10.5. The second kappa shape index (κ2) is 8.01. The van der Waals surface area contributed by atoms with E-state index in [1.807, 2.05) is 6.92 Å². The molecule has 0 fully saturated rings. The lowest BCUT2D eigenvalue weighted by Gasteiger charge is -2.07. The molecule has 13 heavy (non-hydrogen) atoms. The Morgan fingerprint density at radius 2 is 2.15 bits per heavy atom. The number of hydroxylamine groups is 1. The number of hydrogen-bond acceptors (Lipinski definition) is 3. The van der Waals surface area contributed by atoms with Crippen LogP contribution in [0, 0.1) is 5.92 Å². The molecule has 0 radical (unpaired) electrons. The van der Waals surface area contributed by atoms with E-state index in [0.29, 0.717) is 32.0 Å². The molecule has 0 saturated heterocycles. The lowest BCUT2D eigenvalue weighted by Crippen LogP contribution is -2.28. The number of carbonyl (C=O) groups excluding carboxylic acids is 1. The summed E-state index contributed by atoms with van der Waals surface area (Å²) in [4.78, 5) is 16.0. The smallest absolute Gasteiger partial charge is 0.221 e. The maximum atomic E-state index is 10.9. The number of hydrogen-bond donors (Lipinski definition) is 2. The van der Waals surface area contributed by atoms with Crippen LogP contribution in [0.5, 0.6) is 0 Å². The molecule has 0 aliphatic carbocycles. The number of amides is 1. The zero-order valence-electron chi connectivity index (χ0n) is 8.72. The van der Waals surface area contributed by atoms with E-state index in [-0.39, 0.29) is 5.91 Å². The molecule has 0 aromatic carbocycles. The van der Waals surface area contributed by atoms with Crippen molar-refractivity contribution < 1.29 is 9.63 Å². The zero-order valence-corrected chi connectivity index (χ0v) is 8.72. The summed E-state index contributed by atoms with van der Waals surface area (Å²) in [6.07, 6.45) is 0.464. The highest BCUT2D eigenvalue weighted by atomic mass is 16.6. The molecule has 4 nitrogen and oxygen atoms in total. The third-order valence-corrected chi connectivity index (χ3v) is 1.35.